The number of hydrogen-bond donors (Lipinski definition) is 2. The second kappa shape index (κ2) is 8.05. The molecule has 0 aliphatic carbocycles. The molecule has 1 amide bonds. The fourth-order valence-corrected chi connectivity index (χ4v) is 1.14. The van der Waals surface area contributed by atoms with E-state index in [9.17, 15) is 4.79 Å². The van der Waals surface area contributed by atoms with Crippen molar-refractivity contribution in [1.29, 1.82) is 0 Å². The van der Waals surface area contributed by atoms with Gasteiger partial charge in [0.25, 0.3) is 0 Å². The van der Waals surface area contributed by atoms with Gasteiger partial charge in [0.05, 0.1) is 6.54 Å². The minimum absolute atomic E-state index is 0.105. The molecule has 0 spiro atoms. The molecule has 0 rings (SSSR count). The highest BCUT2D eigenvalue weighted by atomic mass is 16.1. The Morgan fingerprint density at radius 3 is 2.31 bits per heavy atom. The van der Waals surface area contributed by atoms with E-state index in [4.69, 9.17) is 0 Å². The zero-order chi connectivity index (χ0) is 10.1. The molecule has 0 heterocycles. The molecule has 0 saturated carbocycles. The van der Waals surface area contributed by atoms with Crippen LogP contribution >= 0.6 is 0 Å². The van der Waals surface area contributed by atoms with Crippen LogP contribution < -0.4 is 10.6 Å². The fraction of sp³-hybridized carbons (Fsp3) is 0.900. The van der Waals surface area contributed by atoms with Gasteiger partial charge in [-0.15, -0.1) is 0 Å². The quantitative estimate of drug-likeness (QED) is 0.629. The Hall–Kier alpha value is -0.570. The lowest BCUT2D eigenvalue weighted by molar-refractivity contribution is -0.120. The molecule has 0 aromatic carbocycles. The molecular weight excluding hydrogens is 164 g/mol. The summed E-state index contributed by atoms with van der Waals surface area (Å²) < 4.78 is 0. The Labute approximate surface area is 81.3 Å². The van der Waals surface area contributed by atoms with Gasteiger partial charge in [0.15, 0.2) is 0 Å². The maximum Gasteiger partial charge on any atom is 0.233 e. The number of nitrogens with one attached hydrogen (secondary N) is 2. The Balaban J connectivity index is 3.44. The van der Waals surface area contributed by atoms with Crippen molar-refractivity contribution in [2.45, 2.75) is 46.1 Å². The molecule has 3 nitrogen and oxygen atoms in total. The molecule has 0 aromatic heterocycles. The number of rotatable bonds is 7. The van der Waals surface area contributed by atoms with Gasteiger partial charge >= 0.3 is 0 Å². The standard InChI is InChI=1S/C10H22N2O/c1-4-7-11-10(13)8-12-9(5-2)6-3/h9,12H,4-8H2,1-3H3,(H,11,13). The lowest BCUT2D eigenvalue weighted by Crippen LogP contribution is -2.38. The number of carbonyl (C=O) groups is 1. The van der Waals surface area contributed by atoms with Gasteiger partial charge < -0.3 is 10.6 Å². The van der Waals surface area contributed by atoms with Gasteiger partial charge in [-0.25, -0.2) is 0 Å². The summed E-state index contributed by atoms with van der Waals surface area (Å²) in [6, 6.07) is 0.479. The van der Waals surface area contributed by atoms with Crippen molar-refractivity contribution in [1.82, 2.24) is 10.6 Å². The lowest BCUT2D eigenvalue weighted by Gasteiger charge is -2.13. The molecule has 2 N–H and O–H groups in total. The van der Waals surface area contributed by atoms with E-state index in [-0.39, 0.29) is 5.91 Å². The van der Waals surface area contributed by atoms with E-state index < -0.39 is 0 Å². The smallest absolute Gasteiger partial charge is 0.233 e. The third-order valence-electron chi connectivity index (χ3n) is 2.11. The number of hydrogen-bond acceptors (Lipinski definition) is 2. The van der Waals surface area contributed by atoms with Gasteiger partial charge in [-0.2, -0.15) is 0 Å². The topological polar surface area (TPSA) is 41.1 Å². The molecule has 0 atom stereocenters. The van der Waals surface area contributed by atoms with Crippen LogP contribution in [0.5, 0.6) is 0 Å². The zero-order valence-corrected chi connectivity index (χ0v) is 9.02. The molecule has 0 fully saturated rings. The van der Waals surface area contributed by atoms with E-state index in [1.54, 1.807) is 0 Å². The van der Waals surface area contributed by atoms with Gasteiger partial charge in [0.2, 0.25) is 5.91 Å². The van der Waals surface area contributed by atoms with Crippen LogP contribution in [0.25, 0.3) is 0 Å². The van der Waals surface area contributed by atoms with Gasteiger partial charge in [-0.05, 0) is 19.3 Å². The number of carbonyl (C=O) groups excluding carboxylic acids is 1. The van der Waals surface area contributed by atoms with E-state index in [0.29, 0.717) is 12.6 Å². The Bertz CT molecular complexity index is 133. The first-order valence-electron chi connectivity index (χ1n) is 5.24. The lowest BCUT2D eigenvalue weighted by atomic mass is 10.2. The highest BCUT2D eigenvalue weighted by molar-refractivity contribution is 5.77. The molecule has 0 aliphatic heterocycles. The van der Waals surface area contributed by atoms with E-state index in [2.05, 4.69) is 31.4 Å². The van der Waals surface area contributed by atoms with Gasteiger partial charge in [0.1, 0.15) is 0 Å². The van der Waals surface area contributed by atoms with Crippen molar-refractivity contribution in [3.8, 4) is 0 Å². The third kappa shape index (κ3) is 6.58. The SMILES string of the molecule is CCCNC(=O)CNC(CC)CC. The van der Waals surface area contributed by atoms with Crippen LogP contribution in [0.2, 0.25) is 0 Å². The molecule has 0 radical (unpaired) electrons. The second-order valence-corrected chi connectivity index (χ2v) is 3.24. The van der Waals surface area contributed by atoms with E-state index in [0.717, 1.165) is 25.8 Å². The molecular formula is C10H22N2O. The summed E-state index contributed by atoms with van der Waals surface area (Å²) >= 11 is 0. The van der Waals surface area contributed by atoms with Crippen LogP contribution in [-0.4, -0.2) is 25.0 Å². The summed E-state index contributed by atoms with van der Waals surface area (Å²) in [5.41, 5.74) is 0. The molecule has 78 valence electrons. The molecule has 3 heteroatoms. The van der Waals surface area contributed by atoms with Crippen molar-refractivity contribution in [2.24, 2.45) is 0 Å². The fourth-order valence-electron chi connectivity index (χ4n) is 1.14. The summed E-state index contributed by atoms with van der Waals surface area (Å²) in [7, 11) is 0. The predicted molar refractivity (Wildman–Crippen MR) is 55.7 cm³/mol. The van der Waals surface area contributed by atoms with Crippen LogP contribution in [0, 0.1) is 0 Å². The zero-order valence-electron chi connectivity index (χ0n) is 9.02. The first-order valence-corrected chi connectivity index (χ1v) is 5.24. The van der Waals surface area contributed by atoms with E-state index in [1.165, 1.54) is 0 Å². The van der Waals surface area contributed by atoms with Crippen LogP contribution in [0.4, 0.5) is 0 Å². The largest absolute Gasteiger partial charge is 0.355 e. The third-order valence-corrected chi connectivity index (χ3v) is 2.11. The highest BCUT2D eigenvalue weighted by Crippen LogP contribution is 1.94. The second-order valence-electron chi connectivity index (χ2n) is 3.24. The van der Waals surface area contributed by atoms with Crippen molar-refractivity contribution in [2.75, 3.05) is 13.1 Å². The van der Waals surface area contributed by atoms with E-state index >= 15 is 0 Å². The minimum Gasteiger partial charge on any atom is -0.355 e. The first kappa shape index (κ1) is 12.4. The average molecular weight is 186 g/mol. The summed E-state index contributed by atoms with van der Waals surface area (Å²) in [6.07, 6.45) is 3.16. The van der Waals surface area contributed by atoms with Gasteiger partial charge in [0, 0.05) is 12.6 Å². The van der Waals surface area contributed by atoms with E-state index in [1.807, 2.05) is 0 Å². The molecule has 0 aliphatic rings. The molecule has 13 heavy (non-hydrogen) atoms. The Kier molecular flexibility index (Phi) is 7.69. The van der Waals surface area contributed by atoms with Crippen molar-refractivity contribution < 1.29 is 4.79 Å². The van der Waals surface area contributed by atoms with Crippen LogP contribution in [0.1, 0.15) is 40.0 Å². The summed E-state index contributed by atoms with van der Waals surface area (Å²) in [6.45, 7) is 7.54. The Morgan fingerprint density at radius 1 is 1.23 bits per heavy atom. The van der Waals surface area contributed by atoms with Crippen molar-refractivity contribution >= 4 is 5.91 Å². The van der Waals surface area contributed by atoms with Crippen LogP contribution in [0.3, 0.4) is 0 Å². The molecule has 0 bridgehead atoms. The minimum atomic E-state index is 0.105. The monoisotopic (exact) mass is 186 g/mol. The normalized spacial score (nSPS) is 10.5. The highest BCUT2D eigenvalue weighted by Gasteiger charge is 2.04. The maximum atomic E-state index is 11.2. The summed E-state index contributed by atoms with van der Waals surface area (Å²) in [5.74, 6) is 0.105. The summed E-state index contributed by atoms with van der Waals surface area (Å²) in [5, 5.41) is 6.05. The number of amides is 1. The molecule has 0 aromatic rings. The maximum absolute atomic E-state index is 11.2. The van der Waals surface area contributed by atoms with Gasteiger partial charge in [-0.3, -0.25) is 4.79 Å². The molecule has 0 saturated heterocycles. The van der Waals surface area contributed by atoms with Crippen molar-refractivity contribution in [3.05, 3.63) is 0 Å². The van der Waals surface area contributed by atoms with Crippen LogP contribution in [-0.2, 0) is 4.79 Å². The predicted octanol–water partition coefficient (Wildman–Crippen LogP) is 1.29. The molecule has 0 unspecified atom stereocenters. The first-order chi connectivity index (χ1) is 6.24. The van der Waals surface area contributed by atoms with Crippen molar-refractivity contribution in [3.63, 3.8) is 0 Å². The summed E-state index contributed by atoms with van der Waals surface area (Å²) in [4.78, 5) is 11.2. The van der Waals surface area contributed by atoms with Crippen LogP contribution in [0.15, 0.2) is 0 Å². The van der Waals surface area contributed by atoms with Gasteiger partial charge in [-0.1, -0.05) is 20.8 Å². The average Bonchev–Trinajstić information content (AvgIpc) is 2.16. The Morgan fingerprint density at radius 2 is 1.85 bits per heavy atom.